The van der Waals surface area contributed by atoms with Crippen molar-refractivity contribution in [3.05, 3.63) is 0 Å². The second kappa shape index (κ2) is 9.05. The fourth-order valence-corrected chi connectivity index (χ4v) is 1.74. The van der Waals surface area contributed by atoms with E-state index < -0.39 is 49.0 Å². The molecule has 0 aromatic carbocycles. The molecule has 0 spiro atoms. The van der Waals surface area contributed by atoms with Crippen LogP contribution in [0.1, 0.15) is 41.0 Å². The van der Waals surface area contributed by atoms with Crippen LogP contribution in [0.25, 0.3) is 0 Å². The molecule has 136 valence electrons. The van der Waals surface area contributed by atoms with Crippen LogP contribution >= 0.6 is 0 Å². The zero-order valence-corrected chi connectivity index (χ0v) is 14.5. The van der Waals surface area contributed by atoms with Gasteiger partial charge in [-0.2, -0.15) is 0 Å². The summed E-state index contributed by atoms with van der Waals surface area (Å²) in [4.78, 5) is 24.3. The Kier molecular flexibility index (Phi) is 8.50. The van der Waals surface area contributed by atoms with E-state index in [0.29, 0.717) is 6.42 Å². The van der Waals surface area contributed by atoms with E-state index in [1.165, 1.54) is 0 Å². The van der Waals surface area contributed by atoms with Gasteiger partial charge in [0, 0.05) is 0 Å². The summed E-state index contributed by atoms with van der Waals surface area (Å²) in [7, 11) is 0. The molecule has 8 nitrogen and oxygen atoms in total. The standard InChI is InChI=1S/C15H30N2O6/c1-6-10(2)11(16-13(22)23-14(3,4)5)12(21)17-15(7-18,8-19)9-20/h10-11,18-20H,6-9H2,1-5H3,(H,16,22)(H,17,21)/t10-,11-/m0/s1. The molecule has 0 fully saturated rings. The molecule has 23 heavy (non-hydrogen) atoms. The topological polar surface area (TPSA) is 128 Å². The molecule has 0 saturated heterocycles. The molecule has 0 rings (SSSR count). The SMILES string of the molecule is CC[C@H](C)[C@H](NC(=O)OC(C)(C)C)C(=O)NC(CO)(CO)CO. The number of amides is 2. The Labute approximate surface area is 137 Å². The molecule has 0 saturated carbocycles. The average Bonchev–Trinajstić information content (AvgIpc) is 2.47. The Balaban J connectivity index is 5.10. The lowest BCUT2D eigenvalue weighted by Crippen LogP contribution is -2.62. The summed E-state index contributed by atoms with van der Waals surface area (Å²) >= 11 is 0. The predicted molar refractivity (Wildman–Crippen MR) is 84.7 cm³/mol. The van der Waals surface area contributed by atoms with Crippen molar-refractivity contribution in [1.29, 1.82) is 0 Å². The van der Waals surface area contributed by atoms with Crippen molar-refractivity contribution in [2.45, 2.75) is 58.2 Å². The lowest BCUT2D eigenvalue weighted by molar-refractivity contribution is -0.128. The summed E-state index contributed by atoms with van der Waals surface area (Å²) < 4.78 is 5.14. The largest absolute Gasteiger partial charge is 0.444 e. The monoisotopic (exact) mass is 334 g/mol. The van der Waals surface area contributed by atoms with Gasteiger partial charge in [-0.15, -0.1) is 0 Å². The molecule has 0 aliphatic rings. The smallest absolute Gasteiger partial charge is 0.408 e. The number of aliphatic hydroxyl groups excluding tert-OH is 3. The molecular formula is C15H30N2O6. The van der Waals surface area contributed by atoms with Gasteiger partial charge in [0.2, 0.25) is 5.91 Å². The van der Waals surface area contributed by atoms with E-state index >= 15 is 0 Å². The Morgan fingerprint density at radius 3 is 1.91 bits per heavy atom. The summed E-state index contributed by atoms with van der Waals surface area (Å²) in [5.74, 6) is -0.821. The Morgan fingerprint density at radius 1 is 1.09 bits per heavy atom. The lowest BCUT2D eigenvalue weighted by Gasteiger charge is -2.32. The second-order valence-corrected chi connectivity index (χ2v) is 6.75. The fraction of sp³-hybridized carbons (Fsp3) is 0.867. The summed E-state index contributed by atoms with van der Waals surface area (Å²) in [6.07, 6.45) is -0.126. The molecule has 5 N–H and O–H groups in total. The first kappa shape index (κ1) is 21.6. The van der Waals surface area contributed by atoms with Crippen LogP contribution in [0.4, 0.5) is 4.79 Å². The van der Waals surface area contributed by atoms with E-state index in [4.69, 9.17) is 4.74 Å². The van der Waals surface area contributed by atoms with Crippen molar-refractivity contribution >= 4 is 12.0 Å². The van der Waals surface area contributed by atoms with E-state index in [0.717, 1.165) is 0 Å². The van der Waals surface area contributed by atoms with Crippen molar-refractivity contribution in [1.82, 2.24) is 10.6 Å². The number of aliphatic hydroxyl groups is 3. The number of carbonyl (C=O) groups is 2. The van der Waals surface area contributed by atoms with Crippen LogP contribution in [0.5, 0.6) is 0 Å². The van der Waals surface area contributed by atoms with Gasteiger partial charge < -0.3 is 30.7 Å². The number of nitrogens with one attached hydrogen (secondary N) is 2. The number of hydrogen-bond donors (Lipinski definition) is 5. The van der Waals surface area contributed by atoms with Crippen LogP contribution in [-0.4, -0.2) is 64.3 Å². The molecule has 0 aromatic heterocycles. The number of ether oxygens (including phenoxy) is 1. The molecule has 0 aromatic rings. The second-order valence-electron chi connectivity index (χ2n) is 6.75. The molecule has 2 amide bonds. The molecule has 0 aliphatic heterocycles. The van der Waals surface area contributed by atoms with Crippen molar-refractivity contribution in [2.24, 2.45) is 5.92 Å². The van der Waals surface area contributed by atoms with Gasteiger partial charge in [-0.25, -0.2) is 4.79 Å². The number of hydrogen-bond acceptors (Lipinski definition) is 6. The van der Waals surface area contributed by atoms with Crippen LogP contribution in [0.3, 0.4) is 0 Å². The third-order valence-corrected chi connectivity index (χ3v) is 3.46. The van der Waals surface area contributed by atoms with Crippen molar-refractivity contribution in [3.63, 3.8) is 0 Å². The minimum absolute atomic E-state index is 0.212. The van der Waals surface area contributed by atoms with Crippen molar-refractivity contribution < 1.29 is 29.6 Å². The van der Waals surface area contributed by atoms with Gasteiger partial charge in [-0.1, -0.05) is 20.3 Å². The van der Waals surface area contributed by atoms with Gasteiger partial charge in [0.1, 0.15) is 17.2 Å². The van der Waals surface area contributed by atoms with Crippen molar-refractivity contribution in [3.8, 4) is 0 Å². The highest BCUT2D eigenvalue weighted by Gasteiger charge is 2.35. The zero-order valence-electron chi connectivity index (χ0n) is 14.5. The van der Waals surface area contributed by atoms with Crippen LogP contribution in [0, 0.1) is 5.92 Å². The first-order valence-electron chi connectivity index (χ1n) is 7.68. The van der Waals surface area contributed by atoms with Gasteiger partial charge >= 0.3 is 6.09 Å². The van der Waals surface area contributed by atoms with Gasteiger partial charge in [0.05, 0.1) is 19.8 Å². The molecule has 8 heteroatoms. The molecule has 2 atom stereocenters. The molecule has 0 aliphatic carbocycles. The molecule has 0 radical (unpaired) electrons. The average molecular weight is 334 g/mol. The van der Waals surface area contributed by atoms with Crippen LogP contribution < -0.4 is 10.6 Å². The molecular weight excluding hydrogens is 304 g/mol. The van der Waals surface area contributed by atoms with E-state index in [2.05, 4.69) is 10.6 Å². The van der Waals surface area contributed by atoms with Gasteiger partial charge in [0.15, 0.2) is 0 Å². The maximum atomic E-state index is 12.4. The number of alkyl carbamates (subject to hydrolysis) is 1. The van der Waals surface area contributed by atoms with Gasteiger partial charge in [-0.05, 0) is 26.7 Å². The minimum atomic E-state index is -1.54. The molecule has 0 bridgehead atoms. The highest BCUT2D eigenvalue weighted by Crippen LogP contribution is 2.13. The van der Waals surface area contributed by atoms with Gasteiger partial charge in [-0.3, -0.25) is 4.79 Å². The predicted octanol–water partition coefficient (Wildman–Crippen LogP) is -0.242. The van der Waals surface area contributed by atoms with Crippen LogP contribution in [-0.2, 0) is 9.53 Å². The summed E-state index contributed by atoms with van der Waals surface area (Å²) in [6, 6.07) is -0.918. The highest BCUT2D eigenvalue weighted by molar-refractivity contribution is 5.86. The first-order valence-corrected chi connectivity index (χ1v) is 7.68. The van der Waals surface area contributed by atoms with Crippen LogP contribution in [0.2, 0.25) is 0 Å². The van der Waals surface area contributed by atoms with E-state index in [1.807, 2.05) is 6.92 Å². The maximum absolute atomic E-state index is 12.4. The van der Waals surface area contributed by atoms with E-state index in [-0.39, 0.29) is 5.92 Å². The molecule has 0 heterocycles. The quantitative estimate of drug-likeness (QED) is 0.417. The summed E-state index contributed by atoms with van der Waals surface area (Å²) in [6.45, 7) is 6.86. The number of rotatable bonds is 8. The number of carbonyl (C=O) groups excluding carboxylic acids is 2. The lowest BCUT2D eigenvalue weighted by atomic mass is 9.96. The van der Waals surface area contributed by atoms with E-state index in [1.54, 1.807) is 27.7 Å². The van der Waals surface area contributed by atoms with Gasteiger partial charge in [0.25, 0.3) is 0 Å². The van der Waals surface area contributed by atoms with Crippen LogP contribution in [0.15, 0.2) is 0 Å². The minimum Gasteiger partial charge on any atom is -0.444 e. The summed E-state index contributed by atoms with van der Waals surface area (Å²) in [5.41, 5.74) is -2.25. The normalized spacial score (nSPS) is 14.8. The zero-order chi connectivity index (χ0) is 18.3. The van der Waals surface area contributed by atoms with Crippen molar-refractivity contribution in [2.75, 3.05) is 19.8 Å². The van der Waals surface area contributed by atoms with E-state index in [9.17, 15) is 24.9 Å². The Hall–Kier alpha value is -1.38. The first-order chi connectivity index (χ1) is 10.5. The third-order valence-electron chi connectivity index (χ3n) is 3.46. The summed E-state index contributed by atoms with van der Waals surface area (Å²) in [5, 5.41) is 32.8. The highest BCUT2D eigenvalue weighted by atomic mass is 16.6. The third kappa shape index (κ3) is 7.15. The maximum Gasteiger partial charge on any atom is 0.408 e. The fourth-order valence-electron chi connectivity index (χ4n) is 1.74. The Morgan fingerprint density at radius 2 is 1.57 bits per heavy atom. The molecule has 0 unspecified atom stereocenters. The Bertz CT molecular complexity index is 382.